The van der Waals surface area contributed by atoms with Gasteiger partial charge in [-0.2, -0.15) is 13.2 Å². The van der Waals surface area contributed by atoms with Crippen LogP contribution in [0.15, 0.2) is 0 Å². The predicted octanol–water partition coefficient (Wildman–Crippen LogP) is 0.592. The Bertz CT molecular complexity index is 148. The lowest BCUT2D eigenvalue weighted by Gasteiger charge is -1.93. The molecule has 0 aliphatic heterocycles. The number of alkyl halides is 3. The zero-order valence-electron chi connectivity index (χ0n) is 6.14. The van der Waals surface area contributed by atoms with Gasteiger partial charge in [-0.1, -0.05) is 0 Å². The molecule has 0 amide bonds. The molecule has 0 aliphatic rings. The molecule has 0 radical (unpaired) electrons. The number of nitrogens with zero attached hydrogens (tertiary/aromatic N) is 1. The Hall–Kier alpha value is -1.07. The number of hydrogen-bond donors (Lipinski definition) is 1. The van der Waals surface area contributed by atoms with Crippen LogP contribution in [-0.4, -0.2) is 42.6 Å². The number of halogens is 3. The zero-order chi connectivity index (χ0) is 9.65. The summed E-state index contributed by atoms with van der Waals surface area (Å²) in [5.41, 5.74) is 0. The molecular formula is C5H9F3NO2+. The molecule has 0 saturated heterocycles. The molecule has 11 heavy (non-hydrogen) atoms. The van der Waals surface area contributed by atoms with Crippen molar-refractivity contribution >= 4 is 12.7 Å². The van der Waals surface area contributed by atoms with Crippen LogP contribution in [0.25, 0.3) is 0 Å². The number of carbonyl (C=O) groups is 1. The van der Waals surface area contributed by atoms with E-state index in [9.17, 15) is 13.2 Å². The van der Waals surface area contributed by atoms with Crippen LogP contribution in [0.3, 0.4) is 0 Å². The Labute approximate surface area is 61.8 Å². The van der Waals surface area contributed by atoms with Gasteiger partial charge in [0.15, 0.2) is 0 Å². The summed E-state index contributed by atoms with van der Waals surface area (Å²) in [4.78, 5) is 8.90. The highest BCUT2D eigenvalue weighted by molar-refractivity contribution is 5.73. The Balaban J connectivity index is 0. The van der Waals surface area contributed by atoms with Gasteiger partial charge in [-0.3, -0.25) is 0 Å². The van der Waals surface area contributed by atoms with E-state index in [1.165, 1.54) is 0 Å². The minimum atomic E-state index is -5.08. The molecule has 3 nitrogen and oxygen atoms in total. The molecule has 0 unspecified atom stereocenters. The molecule has 0 saturated carbocycles. The first-order valence-electron chi connectivity index (χ1n) is 2.46. The molecule has 6 heteroatoms. The van der Waals surface area contributed by atoms with Gasteiger partial charge in [-0.05, 0) is 0 Å². The van der Waals surface area contributed by atoms with E-state index in [-0.39, 0.29) is 0 Å². The van der Waals surface area contributed by atoms with Crippen molar-refractivity contribution in [1.29, 1.82) is 0 Å². The fourth-order valence-electron chi connectivity index (χ4n) is 0. The highest BCUT2D eigenvalue weighted by Crippen LogP contribution is 2.13. The first-order chi connectivity index (χ1) is 4.68. The number of carboxylic acids is 1. The molecule has 66 valence electrons. The lowest BCUT2D eigenvalue weighted by molar-refractivity contribution is -0.454. The van der Waals surface area contributed by atoms with E-state index >= 15 is 0 Å². The summed E-state index contributed by atoms with van der Waals surface area (Å²) in [7, 11) is 3.78. The maximum absolute atomic E-state index is 10.6. The van der Waals surface area contributed by atoms with Crippen molar-refractivity contribution in [2.24, 2.45) is 0 Å². The van der Waals surface area contributed by atoms with Crippen LogP contribution in [0.5, 0.6) is 0 Å². The minimum absolute atomic E-state index is 1.75. The van der Waals surface area contributed by atoms with Gasteiger partial charge in [0.2, 0.25) is 0 Å². The molecule has 0 bridgehead atoms. The minimum Gasteiger partial charge on any atom is -0.475 e. The summed E-state index contributed by atoms with van der Waals surface area (Å²) in [6, 6.07) is 0. The molecule has 0 aromatic heterocycles. The van der Waals surface area contributed by atoms with E-state index < -0.39 is 12.1 Å². The molecule has 1 N–H and O–H groups in total. The maximum atomic E-state index is 10.6. The van der Waals surface area contributed by atoms with Crippen molar-refractivity contribution in [2.45, 2.75) is 6.18 Å². The highest BCUT2D eigenvalue weighted by Gasteiger charge is 2.38. The van der Waals surface area contributed by atoms with Gasteiger partial charge < -0.3 is 5.11 Å². The lowest BCUT2D eigenvalue weighted by Crippen LogP contribution is -2.21. The van der Waals surface area contributed by atoms with Crippen LogP contribution in [0.2, 0.25) is 0 Å². The van der Waals surface area contributed by atoms with Crippen molar-refractivity contribution in [2.75, 3.05) is 14.1 Å². The SMILES string of the molecule is C=[N+](C)C.O=C(O)C(F)(F)F. The second-order valence-electron chi connectivity index (χ2n) is 1.88. The number of rotatable bonds is 0. The number of hydrogen-bond acceptors (Lipinski definition) is 1. The first-order valence-corrected chi connectivity index (χ1v) is 2.46. The van der Waals surface area contributed by atoms with E-state index in [1.807, 2.05) is 14.1 Å². The third-order valence-corrected chi connectivity index (χ3v) is 0.243. The van der Waals surface area contributed by atoms with Gasteiger partial charge in [-0.15, -0.1) is 0 Å². The molecule has 0 aromatic rings. The van der Waals surface area contributed by atoms with Crippen LogP contribution < -0.4 is 0 Å². The van der Waals surface area contributed by atoms with Gasteiger partial charge in [0, 0.05) is 0 Å². The largest absolute Gasteiger partial charge is 0.490 e. The van der Waals surface area contributed by atoms with Crippen LogP contribution in [0.4, 0.5) is 13.2 Å². The molecule has 0 spiro atoms. The summed E-state index contributed by atoms with van der Waals surface area (Å²) in [5.74, 6) is -2.76. The van der Waals surface area contributed by atoms with Gasteiger partial charge in [0.1, 0.15) is 20.8 Å². The Morgan fingerprint density at radius 3 is 1.55 bits per heavy atom. The predicted molar refractivity (Wildman–Crippen MR) is 32.9 cm³/mol. The Kier molecular flexibility index (Phi) is 5.38. The molecule has 0 aliphatic carbocycles. The van der Waals surface area contributed by atoms with E-state index in [0.717, 1.165) is 0 Å². The smallest absolute Gasteiger partial charge is 0.475 e. The molecule has 0 rings (SSSR count). The summed E-state index contributed by atoms with van der Waals surface area (Å²) in [6.07, 6.45) is -5.08. The van der Waals surface area contributed by atoms with Crippen LogP contribution in [0.1, 0.15) is 0 Å². The van der Waals surface area contributed by atoms with Gasteiger partial charge in [-0.25, -0.2) is 9.37 Å². The molecule has 0 aromatic carbocycles. The topological polar surface area (TPSA) is 40.3 Å². The Morgan fingerprint density at radius 2 is 1.55 bits per heavy atom. The first kappa shape index (κ1) is 12.6. The molecule has 0 fully saturated rings. The normalized spacial score (nSPS) is 9.55. The van der Waals surface area contributed by atoms with Crippen molar-refractivity contribution < 1.29 is 27.6 Å². The molecule has 0 heterocycles. The third kappa shape index (κ3) is 17.6. The van der Waals surface area contributed by atoms with E-state index in [1.54, 1.807) is 4.58 Å². The molecule has 0 atom stereocenters. The van der Waals surface area contributed by atoms with Crippen molar-refractivity contribution in [3.63, 3.8) is 0 Å². The van der Waals surface area contributed by atoms with E-state index in [2.05, 4.69) is 6.72 Å². The Morgan fingerprint density at radius 1 is 1.45 bits per heavy atom. The number of aliphatic carboxylic acids is 1. The standard InChI is InChI=1S/C3H8N.C2HF3O2/c1-4(2)3;3-2(4,5)1(6)7/h1H2,2-3H3;(H,6,7)/q+1;. The summed E-state index contributed by atoms with van der Waals surface area (Å²) < 4.78 is 33.5. The van der Waals surface area contributed by atoms with Crippen LogP contribution in [-0.2, 0) is 4.79 Å². The van der Waals surface area contributed by atoms with E-state index in [0.29, 0.717) is 0 Å². The van der Waals surface area contributed by atoms with Crippen LogP contribution >= 0.6 is 0 Å². The second kappa shape index (κ2) is 4.70. The van der Waals surface area contributed by atoms with Crippen molar-refractivity contribution in [3.8, 4) is 0 Å². The van der Waals surface area contributed by atoms with Crippen molar-refractivity contribution in [1.82, 2.24) is 0 Å². The summed E-state index contributed by atoms with van der Waals surface area (Å²) in [6.45, 7) is 3.47. The maximum Gasteiger partial charge on any atom is 0.490 e. The summed E-state index contributed by atoms with van der Waals surface area (Å²) >= 11 is 0. The van der Waals surface area contributed by atoms with Gasteiger partial charge in [0.05, 0.1) is 0 Å². The fourth-order valence-corrected chi connectivity index (χ4v) is 0. The monoisotopic (exact) mass is 172 g/mol. The quantitative estimate of drug-likeness (QED) is 0.429. The fraction of sp³-hybridized carbons (Fsp3) is 0.600. The van der Waals surface area contributed by atoms with E-state index in [4.69, 9.17) is 9.90 Å². The molecular weight excluding hydrogens is 163 g/mol. The third-order valence-electron chi connectivity index (χ3n) is 0.243. The van der Waals surface area contributed by atoms with Crippen molar-refractivity contribution in [3.05, 3.63) is 0 Å². The number of carboxylic acid groups (broad SMARTS) is 1. The average Bonchev–Trinajstić information content (AvgIpc) is 1.59. The lowest BCUT2D eigenvalue weighted by atomic mass is 10.7. The average molecular weight is 172 g/mol. The van der Waals surface area contributed by atoms with Gasteiger partial charge >= 0.3 is 12.1 Å². The van der Waals surface area contributed by atoms with Gasteiger partial charge in [0.25, 0.3) is 0 Å². The zero-order valence-corrected chi connectivity index (χ0v) is 6.14. The van der Waals surface area contributed by atoms with Crippen LogP contribution in [0, 0.1) is 0 Å². The summed E-state index contributed by atoms with van der Waals surface area (Å²) in [5, 5.41) is 7.12. The highest BCUT2D eigenvalue weighted by atomic mass is 19.4. The second-order valence-corrected chi connectivity index (χ2v) is 1.88.